The van der Waals surface area contributed by atoms with Crippen LogP contribution in [0.25, 0.3) is 0 Å². The van der Waals surface area contributed by atoms with Gasteiger partial charge >= 0.3 is 7.12 Å². The van der Waals surface area contributed by atoms with Gasteiger partial charge in [0.05, 0.1) is 11.2 Å². The van der Waals surface area contributed by atoms with Crippen LogP contribution in [0.1, 0.15) is 38.1 Å². The fourth-order valence-electron chi connectivity index (χ4n) is 2.60. The summed E-state index contributed by atoms with van der Waals surface area (Å²) in [7, 11) is -0.794. The Balaban J connectivity index is 1.77. The highest BCUT2D eigenvalue weighted by Gasteiger charge is 2.52. The number of carbonyl (C=O) groups excluding carboxylic acids is 1. The van der Waals surface area contributed by atoms with Crippen LogP contribution in [-0.4, -0.2) is 24.2 Å². The topological polar surface area (TPSA) is 47.6 Å². The Morgan fingerprint density at radius 3 is 2.31 bits per heavy atom. The van der Waals surface area contributed by atoms with Crippen molar-refractivity contribution in [2.75, 3.05) is 5.32 Å². The van der Waals surface area contributed by atoms with E-state index in [-0.39, 0.29) is 5.91 Å². The van der Waals surface area contributed by atoms with Gasteiger partial charge in [0, 0.05) is 21.7 Å². The Morgan fingerprint density at radius 2 is 1.73 bits per heavy atom. The van der Waals surface area contributed by atoms with Gasteiger partial charge in [0.1, 0.15) is 5.82 Å². The van der Waals surface area contributed by atoms with E-state index in [9.17, 15) is 9.18 Å². The average Bonchev–Trinajstić information content (AvgIpc) is 2.75. The lowest BCUT2D eigenvalue weighted by Gasteiger charge is -2.32. The highest BCUT2D eigenvalue weighted by Crippen LogP contribution is 2.36. The average molecular weight is 376 g/mol. The fourth-order valence-corrected chi connectivity index (χ4v) is 2.79. The number of halogens is 2. The first-order chi connectivity index (χ1) is 12.1. The van der Waals surface area contributed by atoms with Crippen molar-refractivity contribution in [3.63, 3.8) is 0 Å². The summed E-state index contributed by atoms with van der Waals surface area (Å²) in [6.07, 6.45) is 0. The third-order valence-electron chi connectivity index (χ3n) is 4.85. The van der Waals surface area contributed by atoms with Crippen LogP contribution < -0.4 is 10.8 Å². The molecule has 7 heteroatoms. The van der Waals surface area contributed by atoms with E-state index in [1.54, 1.807) is 36.4 Å². The summed E-state index contributed by atoms with van der Waals surface area (Å²) < 4.78 is 26.3. The fraction of sp³-hybridized carbons (Fsp3) is 0.316. The summed E-state index contributed by atoms with van der Waals surface area (Å²) in [6.45, 7) is 7.63. The molecule has 1 N–H and O–H groups in total. The predicted octanol–water partition coefficient (Wildman–Crippen LogP) is 4.03. The van der Waals surface area contributed by atoms with Crippen molar-refractivity contribution in [3.05, 3.63) is 58.9 Å². The zero-order valence-electron chi connectivity index (χ0n) is 15.1. The lowest BCUT2D eigenvalue weighted by atomic mass is 9.78. The molecule has 136 valence electrons. The number of rotatable bonds is 3. The zero-order valence-corrected chi connectivity index (χ0v) is 15.9. The highest BCUT2D eigenvalue weighted by molar-refractivity contribution is 6.62. The van der Waals surface area contributed by atoms with Crippen molar-refractivity contribution < 1.29 is 18.5 Å². The van der Waals surface area contributed by atoms with Crippen molar-refractivity contribution in [1.82, 2.24) is 0 Å². The van der Waals surface area contributed by atoms with Crippen molar-refractivity contribution in [3.8, 4) is 0 Å². The molecule has 1 saturated heterocycles. The molecule has 1 aliphatic rings. The van der Waals surface area contributed by atoms with Crippen LogP contribution in [0, 0.1) is 5.82 Å². The van der Waals surface area contributed by atoms with E-state index < -0.39 is 24.1 Å². The molecule has 1 fully saturated rings. The van der Waals surface area contributed by atoms with Crippen molar-refractivity contribution in [2.45, 2.75) is 38.9 Å². The molecule has 3 rings (SSSR count). The van der Waals surface area contributed by atoms with E-state index in [0.717, 1.165) is 0 Å². The minimum atomic E-state index is -0.794. The van der Waals surface area contributed by atoms with Gasteiger partial charge in [-0.3, -0.25) is 4.79 Å². The van der Waals surface area contributed by atoms with Gasteiger partial charge in [-0.1, -0.05) is 23.7 Å². The normalized spacial score (nSPS) is 18.0. The maximum atomic E-state index is 14.6. The number of hydrogen-bond acceptors (Lipinski definition) is 3. The first-order valence-corrected chi connectivity index (χ1v) is 8.69. The Labute approximate surface area is 157 Å². The van der Waals surface area contributed by atoms with E-state index in [1.807, 2.05) is 27.7 Å². The molecule has 0 aromatic heterocycles. The summed E-state index contributed by atoms with van der Waals surface area (Å²) >= 11 is 5.89. The molecule has 0 saturated carbocycles. The van der Waals surface area contributed by atoms with Gasteiger partial charge in [-0.05, 0) is 58.0 Å². The van der Waals surface area contributed by atoms with Gasteiger partial charge in [0.25, 0.3) is 5.91 Å². The molecule has 1 heterocycles. The molecule has 26 heavy (non-hydrogen) atoms. The van der Waals surface area contributed by atoms with E-state index in [1.165, 1.54) is 6.07 Å². The zero-order chi connectivity index (χ0) is 19.1. The van der Waals surface area contributed by atoms with E-state index in [2.05, 4.69) is 5.32 Å². The van der Waals surface area contributed by atoms with Gasteiger partial charge in [-0.15, -0.1) is 0 Å². The minimum absolute atomic E-state index is 0.296. The van der Waals surface area contributed by atoms with Crippen LogP contribution in [0.3, 0.4) is 0 Å². The second-order valence-electron chi connectivity index (χ2n) is 7.29. The van der Waals surface area contributed by atoms with Crippen molar-refractivity contribution >= 4 is 35.8 Å². The molecule has 0 aliphatic carbocycles. The first kappa shape index (κ1) is 18.9. The molecule has 0 radical (unpaired) electrons. The summed E-state index contributed by atoms with van der Waals surface area (Å²) in [5.41, 5.74) is -0.0715. The summed E-state index contributed by atoms with van der Waals surface area (Å²) in [5.74, 6) is -0.873. The quantitative estimate of drug-likeness (QED) is 0.824. The summed E-state index contributed by atoms with van der Waals surface area (Å²) in [6, 6.07) is 11.0. The monoisotopic (exact) mass is 375 g/mol. The summed E-state index contributed by atoms with van der Waals surface area (Å²) in [5, 5.41) is 3.12. The second-order valence-corrected chi connectivity index (χ2v) is 7.73. The number of hydrogen-bond donors (Lipinski definition) is 1. The largest absolute Gasteiger partial charge is 0.497 e. The minimum Gasteiger partial charge on any atom is -0.399 e. The molecule has 1 aliphatic heterocycles. The van der Waals surface area contributed by atoms with E-state index >= 15 is 0 Å². The maximum absolute atomic E-state index is 14.6. The third-order valence-corrected chi connectivity index (χ3v) is 5.09. The van der Waals surface area contributed by atoms with E-state index in [0.29, 0.717) is 21.7 Å². The van der Waals surface area contributed by atoms with Gasteiger partial charge < -0.3 is 14.6 Å². The second kappa shape index (κ2) is 6.69. The van der Waals surface area contributed by atoms with Gasteiger partial charge in [0.15, 0.2) is 0 Å². The van der Waals surface area contributed by atoms with Crippen LogP contribution in [0.5, 0.6) is 0 Å². The molecule has 2 aromatic rings. The smallest absolute Gasteiger partial charge is 0.399 e. The highest BCUT2D eigenvalue weighted by atomic mass is 35.5. The summed E-state index contributed by atoms with van der Waals surface area (Å²) in [4.78, 5) is 12.2. The standard InChI is InChI=1S/C19H20BClFNO3/c1-18(2)19(3,4)26-20(25-18)15-9-8-14(11-16(15)22)23-17(24)12-6-5-7-13(21)10-12/h5-11H,1-4H3,(H,23,24). The number of carbonyl (C=O) groups is 1. The number of anilines is 1. The van der Waals surface area contributed by atoms with Crippen LogP contribution in [0.4, 0.5) is 10.1 Å². The molecule has 0 spiro atoms. The molecule has 2 aromatic carbocycles. The van der Waals surface area contributed by atoms with Crippen molar-refractivity contribution in [1.29, 1.82) is 0 Å². The van der Waals surface area contributed by atoms with Crippen molar-refractivity contribution in [2.24, 2.45) is 0 Å². The van der Waals surface area contributed by atoms with Gasteiger partial charge in [-0.25, -0.2) is 4.39 Å². The molecule has 1 amide bonds. The Hall–Kier alpha value is -1.89. The van der Waals surface area contributed by atoms with Crippen LogP contribution >= 0.6 is 11.6 Å². The number of amides is 1. The SMILES string of the molecule is CC1(C)OB(c2ccc(NC(=O)c3cccc(Cl)c3)cc2F)OC1(C)C. The lowest BCUT2D eigenvalue weighted by molar-refractivity contribution is 0.00578. The number of nitrogens with one attached hydrogen (secondary N) is 1. The molecule has 0 bridgehead atoms. The Morgan fingerprint density at radius 1 is 1.08 bits per heavy atom. The molecule has 4 nitrogen and oxygen atoms in total. The molecule has 0 atom stereocenters. The third kappa shape index (κ3) is 3.63. The van der Waals surface area contributed by atoms with Gasteiger partial charge in [-0.2, -0.15) is 0 Å². The molecular formula is C19H20BClFNO3. The van der Waals surface area contributed by atoms with Crippen LogP contribution in [-0.2, 0) is 9.31 Å². The maximum Gasteiger partial charge on any atom is 0.497 e. The Kier molecular flexibility index (Phi) is 4.86. The first-order valence-electron chi connectivity index (χ1n) is 8.31. The van der Waals surface area contributed by atoms with Crippen LogP contribution in [0.15, 0.2) is 42.5 Å². The molecular weight excluding hydrogens is 355 g/mol. The van der Waals surface area contributed by atoms with Crippen LogP contribution in [0.2, 0.25) is 5.02 Å². The molecule has 0 unspecified atom stereocenters. The van der Waals surface area contributed by atoms with Gasteiger partial charge in [0.2, 0.25) is 0 Å². The number of benzene rings is 2. The Bertz CT molecular complexity index is 840. The lowest BCUT2D eigenvalue weighted by Crippen LogP contribution is -2.41. The van der Waals surface area contributed by atoms with E-state index in [4.69, 9.17) is 20.9 Å². The predicted molar refractivity (Wildman–Crippen MR) is 102 cm³/mol.